The van der Waals surface area contributed by atoms with Gasteiger partial charge >= 0.3 is 0 Å². The van der Waals surface area contributed by atoms with Gasteiger partial charge in [0.1, 0.15) is 17.1 Å². The highest BCUT2D eigenvalue weighted by atomic mass is 19.1. The number of furan rings is 1. The van der Waals surface area contributed by atoms with Crippen molar-refractivity contribution < 1.29 is 23.1 Å². The van der Waals surface area contributed by atoms with Crippen LogP contribution in [0.3, 0.4) is 0 Å². The van der Waals surface area contributed by atoms with E-state index in [2.05, 4.69) is 5.32 Å². The average molecular weight is 417 g/mol. The molecule has 1 aromatic heterocycles. The van der Waals surface area contributed by atoms with Gasteiger partial charge in [-0.2, -0.15) is 0 Å². The molecular weight excluding hydrogens is 397 g/mol. The average Bonchev–Trinajstić information content (AvgIpc) is 3.12. The van der Waals surface area contributed by atoms with E-state index in [0.29, 0.717) is 16.7 Å². The third-order valence-corrected chi connectivity index (χ3v) is 4.93. The molecule has 0 aliphatic carbocycles. The Labute approximate surface area is 178 Å². The molecule has 156 valence electrons. The zero-order valence-corrected chi connectivity index (χ0v) is 17.1. The molecule has 1 N–H and O–H groups in total. The predicted octanol–water partition coefficient (Wildman–Crippen LogP) is 5.44. The van der Waals surface area contributed by atoms with E-state index in [4.69, 9.17) is 9.15 Å². The molecule has 6 heteroatoms. The monoisotopic (exact) mass is 417 g/mol. The van der Waals surface area contributed by atoms with Crippen LogP contribution in [0, 0.1) is 19.7 Å². The Hall–Kier alpha value is -3.93. The van der Waals surface area contributed by atoms with Gasteiger partial charge in [0.05, 0.1) is 5.69 Å². The molecule has 4 aromatic rings. The number of hydrogen-bond donors (Lipinski definition) is 1. The molecule has 0 aliphatic heterocycles. The SMILES string of the molecule is Cc1cccc(C)c1OCC(=O)Nc1c(C(=O)c2ccc(F)cc2)oc2ccccc12. The van der Waals surface area contributed by atoms with E-state index in [-0.39, 0.29) is 23.6 Å². The van der Waals surface area contributed by atoms with Gasteiger partial charge in [-0.05, 0) is 61.4 Å². The molecule has 0 saturated carbocycles. The lowest BCUT2D eigenvalue weighted by Gasteiger charge is -2.12. The number of fused-ring (bicyclic) bond motifs is 1. The number of benzene rings is 3. The second-order valence-electron chi connectivity index (χ2n) is 7.20. The van der Waals surface area contributed by atoms with Crippen LogP contribution in [-0.4, -0.2) is 18.3 Å². The Morgan fingerprint density at radius 2 is 1.61 bits per heavy atom. The number of aryl methyl sites for hydroxylation is 2. The van der Waals surface area contributed by atoms with Gasteiger partial charge < -0.3 is 14.5 Å². The molecule has 31 heavy (non-hydrogen) atoms. The lowest BCUT2D eigenvalue weighted by Crippen LogP contribution is -2.21. The Balaban J connectivity index is 1.62. The second-order valence-corrected chi connectivity index (χ2v) is 7.20. The van der Waals surface area contributed by atoms with Crippen LogP contribution in [0.15, 0.2) is 71.1 Å². The second kappa shape index (κ2) is 8.44. The fraction of sp³-hybridized carbons (Fsp3) is 0.120. The minimum absolute atomic E-state index is 0.0202. The minimum Gasteiger partial charge on any atom is -0.483 e. The molecule has 5 nitrogen and oxygen atoms in total. The van der Waals surface area contributed by atoms with Crippen LogP contribution < -0.4 is 10.1 Å². The third-order valence-electron chi connectivity index (χ3n) is 4.93. The van der Waals surface area contributed by atoms with Crippen molar-refractivity contribution in [2.75, 3.05) is 11.9 Å². The molecule has 0 aliphatic rings. The normalized spacial score (nSPS) is 10.8. The number of nitrogens with one attached hydrogen (secondary N) is 1. The maximum Gasteiger partial charge on any atom is 0.262 e. The van der Waals surface area contributed by atoms with Gasteiger partial charge in [0.2, 0.25) is 5.78 Å². The summed E-state index contributed by atoms with van der Waals surface area (Å²) in [4.78, 5) is 25.7. The van der Waals surface area contributed by atoms with Crippen molar-refractivity contribution in [3.05, 3.63) is 95.0 Å². The van der Waals surface area contributed by atoms with Gasteiger partial charge in [0.25, 0.3) is 5.91 Å². The molecule has 1 amide bonds. The van der Waals surface area contributed by atoms with E-state index >= 15 is 0 Å². The fourth-order valence-corrected chi connectivity index (χ4v) is 3.40. The number of halogens is 1. The summed E-state index contributed by atoms with van der Waals surface area (Å²) in [5.74, 6) is -0.701. The molecule has 0 unspecified atom stereocenters. The largest absolute Gasteiger partial charge is 0.483 e. The minimum atomic E-state index is -0.456. The van der Waals surface area contributed by atoms with Crippen molar-refractivity contribution in [1.82, 2.24) is 0 Å². The van der Waals surface area contributed by atoms with E-state index in [1.165, 1.54) is 24.3 Å². The van der Waals surface area contributed by atoms with Crippen molar-refractivity contribution in [3.63, 3.8) is 0 Å². The molecule has 0 saturated heterocycles. The summed E-state index contributed by atoms with van der Waals surface area (Å²) in [6.07, 6.45) is 0. The molecular formula is C25H20FNO4. The summed E-state index contributed by atoms with van der Waals surface area (Å²) in [7, 11) is 0. The molecule has 0 bridgehead atoms. The van der Waals surface area contributed by atoms with E-state index in [1.54, 1.807) is 24.3 Å². The number of carbonyl (C=O) groups is 2. The summed E-state index contributed by atoms with van der Waals surface area (Å²) in [5, 5.41) is 3.34. The summed E-state index contributed by atoms with van der Waals surface area (Å²) >= 11 is 0. The summed E-state index contributed by atoms with van der Waals surface area (Å²) in [6.45, 7) is 3.59. The third kappa shape index (κ3) is 4.19. The highest BCUT2D eigenvalue weighted by Crippen LogP contribution is 2.32. The molecule has 3 aromatic carbocycles. The standard InChI is InChI=1S/C25H20FNO4/c1-15-6-5-7-16(2)24(15)30-14-21(28)27-22-19-8-3-4-9-20(19)31-25(22)23(29)17-10-12-18(26)13-11-17/h3-13H,14H2,1-2H3,(H,27,28). The Bertz CT molecular complexity index is 1250. The van der Waals surface area contributed by atoms with E-state index in [0.717, 1.165) is 11.1 Å². The van der Waals surface area contributed by atoms with Gasteiger partial charge in [-0.1, -0.05) is 30.3 Å². The smallest absolute Gasteiger partial charge is 0.262 e. The lowest BCUT2D eigenvalue weighted by molar-refractivity contribution is -0.118. The first-order valence-corrected chi connectivity index (χ1v) is 9.74. The first-order chi connectivity index (χ1) is 14.9. The Kier molecular flexibility index (Phi) is 5.54. The fourth-order valence-electron chi connectivity index (χ4n) is 3.40. The quantitative estimate of drug-likeness (QED) is 0.424. The van der Waals surface area contributed by atoms with Crippen molar-refractivity contribution in [3.8, 4) is 5.75 Å². The highest BCUT2D eigenvalue weighted by molar-refractivity contribution is 6.17. The van der Waals surface area contributed by atoms with Gasteiger partial charge in [-0.15, -0.1) is 0 Å². The summed E-state index contributed by atoms with van der Waals surface area (Å²) in [5.41, 5.74) is 2.82. The number of ketones is 1. The maximum atomic E-state index is 13.2. The number of anilines is 1. The van der Waals surface area contributed by atoms with Crippen LogP contribution in [0.5, 0.6) is 5.75 Å². The molecule has 0 atom stereocenters. The van der Waals surface area contributed by atoms with Gasteiger partial charge in [-0.3, -0.25) is 9.59 Å². The van der Waals surface area contributed by atoms with Crippen LogP contribution in [0.4, 0.5) is 10.1 Å². The van der Waals surface area contributed by atoms with Crippen molar-refractivity contribution in [1.29, 1.82) is 0 Å². The number of carbonyl (C=O) groups excluding carboxylic acids is 2. The molecule has 0 radical (unpaired) electrons. The summed E-state index contributed by atoms with van der Waals surface area (Å²) < 4.78 is 24.7. The Morgan fingerprint density at radius 1 is 0.935 bits per heavy atom. The van der Waals surface area contributed by atoms with E-state index < -0.39 is 17.5 Å². The van der Waals surface area contributed by atoms with Crippen LogP contribution >= 0.6 is 0 Å². The van der Waals surface area contributed by atoms with Crippen molar-refractivity contribution in [2.45, 2.75) is 13.8 Å². The van der Waals surface area contributed by atoms with Crippen LogP contribution in [0.1, 0.15) is 27.2 Å². The Morgan fingerprint density at radius 3 is 2.32 bits per heavy atom. The predicted molar refractivity (Wildman–Crippen MR) is 116 cm³/mol. The lowest BCUT2D eigenvalue weighted by atomic mass is 10.1. The number of rotatable bonds is 6. The molecule has 1 heterocycles. The highest BCUT2D eigenvalue weighted by Gasteiger charge is 2.23. The number of amides is 1. The number of para-hydroxylation sites is 2. The van der Waals surface area contributed by atoms with Crippen molar-refractivity contribution in [2.24, 2.45) is 0 Å². The van der Waals surface area contributed by atoms with E-state index in [9.17, 15) is 14.0 Å². The van der Waals surface area contributed by atoms with Gasteiger partial charge in [0.15, 0.2) is 12.4 Å². The maximum absolute atomic E-state index is 13.2. The first kappa shape index (κ1) is 20.3. The first-order valence-electron chi connectivity index (χ1n) is 9.74. The van der Waals surface area contributed by atoms with Crippen molar-refractivity contribution >= 4 is 28.3 Å². The van der Waals surface area contributed by atoms with E-state index in [1.807, 2.05) is 32.0 Å². The summed E-state index contributed by atoms with van der Waals surface area (Å²) in [6, 6.07) is 17.9. The molecule has 0 spiro atoms. The van der Waals surface area contributed by atoms with Crippen LogP contribution in [0.2, 0.25) is 0 Å². The zero-order valence-electron chi connectivity index (χ0n) is 17.1. The molecule has 4 rings (SSSR count). The number of hydrogen-bond acceptors (Lipinski definition) is 4. The van der Waals surface area contributed by atoms with Gasteiger partial charge in [-0.25, -0.2) is 4.39 Å². The van der Waals surface area contributed by atoms with Gasteiger partial charge in [0, 0.05) is 10.9 Å². The van der Waals surface area contributed by atoms with Crippen LogP contribution in [0.25, 0.3) is 11.0 Å². The topological polar surface area (TPSA) is 68.5 Å². The zero-order chi connectivity index (χ0) is 22.0. The number of ether oxygens (including phenoxy) is 1. The molecule has 0 fully saturated rings. The van der Waals surface area contributed by atoms with Crippen LogP contribution in [-0.2, 0) is 4.79 Å².